The SMILES string of the molecule is C=CC1O[C@H]2C(ON(C)[C@@H]2[C@@H](C)OCc2ccccc2)[C@@H](C)[C@H]1O.CC(C)[C@H]1CO[C@@H]2[C@H](C)[C@H]3O[C@H]3O[C@@H]21.F[C-](F)F.O=C=O.[CH-]=C.[Zn+2]. The van der Waals surface area contributed by atoms with E-state index in [-0.39, 0.29) is 80.5 Å². The van der Waals surface area contributed by atoms with Crippen molar-refractivity contribution >= 4 is 6.15 Å². The third kappa shape index (κ3) is 11.6. The molecule has 0 amide bonds. The minimum Gasteiger partial charge on any atom is -0.521 e. The number of halogens is 3. The van der Waals surface area contributed by atoms with E-state index in [0.29, 0.717) is 30.5 Å². The van der Waals surface area contributed by atoms with Crippen LogP contribution in [0, 0.1) is 36.9 Å². The number of hydrogen-bond donors (Lipinski definition) is 1. The number of likely N-dealkylation sites (N-methyl/N-ethyl adjacent to an activating group) is 1. The molecule has 6 rings (SSSR count). The van der Waals surface area contributed by atoms with Gasteiger partial charge in [0.15, 0.2) is 13.0 Å². The van der Waals surface area contributed by atoms with Gasteiger partial charge in [-0.2, -0.15) is 14.7 Å². The third-order valence-electron chi connectivity index (χ3n) is 9.04. The molecule has 0 aromatic heterocycles. The van der Waals surface area contributed by atoms with Gasteiger partial charge in [0, 0.05) is 24.8 Å². The molecule has 1 aromatic rings. The average molecular weight is 737 g/mol. The summed E-state index contributed by atoms with van der Waals surface area (Å²) in [7, 11) is 1.90. The number of hydrogen-bond acceptors (Lipinski definition) is 10. The molecule has 1 aromatic carbocycles. The normalized spacial score (nSPS) is 36.2. The van der Waals surface area contributed by atoms with E-state index in [1.54, 1.807) is 6.08 Å². The second kappa shape index (κ2) is 21.4. The monoisotopic (exact) mass is 735 g/mol. The van der Waals surface area contributed by atoms with Gasteiger partial charge < -0.3 is 48.5 Å². The van der Waals surface area contributed by atoms with Crippen LogP contribution < -0.4 is 0 Å². The van der Waals surface area contributed by atoms with Crippen molar-refractivity contribution < 1.29 is 75.9 Å². The van der Waals surface area contributed by atoms with Gasteiger partial charge in [-0.15, -0.1) is 6.58 Å². The number of hydroxylamine groups is 2. The van der Waals surface area contributed by atoms with Crippen LogP contribution in [0.5, 0.6) is 0 Å². The summed E-state index contributed by atoms with van der Waals surface area (Å²) >= 11 is 0. The van der Waals surface area contributed by atoms with Crippen LogP contribution in [0.1, 0.15) is 40.2 Å². The van der Waals surface area contributed by atoms with Crippen molar-refractivity contribution in [2.24, 2.45) is 23.7 Å². The van der Waals surface area contributed by atoms with Crippen LogP contribution in [0.25, 0.3) is 0 Å². The maximum absolute atomic E-state index is 10.3. The van der Waals surface area contributed by atoms with Gasteiger partial charge in [-0.25, -0.2) is 0 Å². The fourth-order valence-corrected chi connectivity index (χ4v) is 6.48. The first-order chi connectivity index (χ1) is 22.4. The molecule has 5 heterocycles. The van der Waals surface area contributed by atoms with Gasteiger partial charge in [0.1, 0.15) is 24.4 Å². The number of nitrogens with zero attached hydrogens (tertiary/aromatic N) is 1. The van der Waals surface area contributed by atoms with Crippen molar-refractivity contribution in [2.45, 2.75) is 102 Å². The zero-order valence-corrected chi connectivity index (χ0v) is 31.4. The Balaban J connectivity index is 0.000000405. The third-order valence-corrected chi connectivity index (χ3v) is 9.04. The number of carbonyl (C=O) groups excluding carboxylic acids is 2. The number of aliphatic hydroxyl groups excluding tert-OH is 1. The standard InChI is InChI=1S/C19H27NO4.C11H18O3.C2H3.CF3.CO2.Zn/c1-5-15-17(21)12(2)18-19(23-15)16(20(4)24-18)13(3)22-11-14-9-7-6-8-10-14;1-5(2)7-4-12-8-6(3)9-11(13-9)14-10(7)8;1-2;2-1(3)4;2-1-3;/h5-10,12-13,15-19,21H,1,11H2,2-4H3;5-11H,4H2,1-3H3;1H,2H2;;;/q;;2*-1;;+2/t12-,13+,15?,16+,17+,18?,19+;6-,7+,8+,9+,10+,11-;;;;/m00..../s1. The molecule has 1 N–H and O–H groups in total. The molecule has 0 bridgehead atoms. The Kier molecular flexibility index (Phi) is 19.7. The van der Waals surface area contributed by atoms with Crippen LogP contribution in [0.15, 0.2) is 49.6 Å². The van der Waals surface area contributed by atoms with Crippen LogP contribution in [0.4, 0.5) is 13.2 Å². The minimum absolute atomic E-state index is 0. The van der Waals surface area contributed by atoms with Crippen molar-refractivity contribution in [3.05, 3.63) is 68.4 Å². The predicted molar refractivity (Wildman–Crippen MR) is 163 cm³/mol. The molecule has 0 spiro atoms. The summed E-state index contributed by atoms with van der Waals surface area (Å²) in [5.74, 6) is 1.66. The van der Waals surface area contributed by atoms with Crippen molar-refractivity contribution in [1.29, 1.82) is 0 Å². The molecule has 0 radical (unpaired) electrons. The predicted octanol–water partition coefficient (Wildman–Crippen LogP) is 4.93. The molecule has 14 heteroatoms. The molecule has 5 saturated heterocycles. The second-order valence-corrected chi connectivity index (χ2v) is 12.2. The van der Waals surface area contributed by atoms with E-state index in [1.165, 1.54) is 0 Å². The van der Waals surface area contributed by atoms with E-state index >= 15 is 0 Å². The Morgan fingerprint density at radius 1 is 1.02 bits per heavy atom. The Morgan fingerprint density at radius 2 is 1.58 bits per heavy atom. The van der Waals surface area contributed by atoms with E-state index in [2.05, 4.69) is 40.5 Å². The van der Waals surface area contributed by atoms with Gasteiger partial charge in [-0.05, 0) is 18.4 Å². The molecule has 0 aliphatic carbocycles. The summed E-state index contributed by atoms with van der Waals surface area (Å²) in [6.07, 6.45) is 1.48. The van der Waals surface area contributed by atoms with E-state index in [0.717, 1.165) is 12.2 Å². The fraction of sp³-hybridized carbons (Fsp3) is 0.647. The number of rotatable bonds is 6. The Bertz CT molecular complexity index is 1100. The Hall–Kier alpha value is -1.83. The van der Waals surface area contributed by atoms with Gasteiger partial charge in [0.05, 0.1) is 43.7 Å². The van der Waals surface area contributed by atoms with E-state index in [4.69, 9.17) is 38.1 Å². The molecular formula is C34H48F3NO9Zn. The molecule has 5 aliphatic heterocycles. The molecule has 0 saturated carbocycles. The van der Waals surface area contributed by atoms with Crippen LogP contribution in [0.2, 0.25) is 0 Å². The zero-order chi connectivity index (χ0) is 35.4. The van der Waals surface area contributed by atoms with Crippen LogP contribution in [0.3, 0.4) is 0 Å². The first kappa shape index (κ1) is 44.2. The van der Waals surface area contributed by atoms with Crippen LogP contribution in [-0.4, -0.2) is 91.1 Å². The molecule has 10 nitrogen and oxygen atoms in total. The number of epoxide rings is 1. The molecule has 48 heavy (non-hydrogen) atoms. The summed E-state index contributed by atoms with van der Waals surface area (Å²) in [6.45, 7) is 19.8. The summed E-state index contributed by atoms with van der Waals surface area (Å²) in [6, 6.07) is 10.1. The molecule has 266 valence electrons. The topological polar surface area (TPSA) is 116 Å². The first-order valence-corrected chi connectivity index (χ1v) is 15.5. The minimum atomic E-state index is -3.08. The average Bonchev–Trinajstić information content (AvgIpc) is 3.57. The molecule has 2 unspecified atom stereocenters. The number of ether oxygens (including phenoxy) is 5. The van der Waals surface area contributed by atoms with Gasteiger partial charge in [-0.3, -0.25) is 11.4 Å². The van der Waals surface area contributed by atoms with Crippen molar-refractivity contribution in [1.82, 2.24) is 5.06 Å². The number of benzene rings is 1. The molecule has 5 fully saturated rings. The van der Waals surface area contributed by atoms with Gasteiger partial charge in [0.2, 0.25) is 0 Å². The zero-order valence-electron chi connectivity index (χ0n) is 28.5. The summed E-state index contributed by atoms with van der Waals surface area (Å²) < 4.78 is 58.1. The van der Waals surface area contributed by atoms with Gasteiger partial charge in [0.25, 0.3) is 0 Å². The van der Waals surface area contributed by atoms with Crippen molar-refractivity contribution in [2.75, 3.05) is 13.7 Å². The summed E-state index contributed by atoms with van der Waals surface area (Å²) in [5, 5.41) is 12.1. The Labute approximate surface area is 294 Å². The number of aliphatic hydroxyl groups is 1. The van der Waals surface area contributed by atoms with Crippen molar-refractivity contribution in [3.8, 4) is 0 Å². The second-order valence-electron chi connectivity index (χ2n) is 12.2. The van der Waals surface area contributed by atoms with Crippen LogP contribution >= 0.6 is 0 Å². The maximum atomic E-state index is 10.3. The van der Waals surface area contributed by atoms with E-state index in [1.807, 2.05) is 56.3 Å². The maximum Gasteiger partial charge on any atom is 2.00 e. The molecule has 5 aliphatic rings. The van der Waals surface area contributed by atoms with Gasteiger partial charge in [-0.1, -0.05) is 64.1 Å². The summed E-state index contributed by atoms with van der Waals surface area (Å²) in [5.41, 5.74) is 1.14. The largest absolute Gasteiger partial charge is 2.00 e. The Morgan fingerprint density at radius 3 is 2.12 bits per heavy atom. The molecular weight excluding hydrogens is 689 g/mol. The van der Waals surface area contributed by atoms with Crippen LogP contribution in [-0.2, 0) is 64.2 Å². The summed E-state index contributed by atoms with van der Waals surface area (Å²) in [4.78, 5) is 22.2. The molecule has 13 atom stereocenters. The van der Waals surface area contributed by atoms with E-state index < -0.39 is 12.8 Å². The van der Waals surface area contributed by atoms with E-state index in [9.17, 15) is 18.3 Å². The van der Waals surface area contributed by atoms with Crippen molar-refractivity contribution in [3.63, 3.8) is 0 Å². The van der Waals surface area contributed by atoms with Gasteiger partial charge >= 0.3 is 25.6 Å². The smallest absolute Gasteiger partial charge is 0.521 e. The quantitative estimate of drug-likeness (QED) is 0.187. The first-order valence-electron chi connectivity index (χ1n) is 15.5. The number of fused-ring (bicyclic) bond motifs is 3. The fourth-order valence-electron chi connectivity index (χ4n) is 6.48.